The highest BCUT2D eigenvalue weighted by Crippen LogP contribution is 2.22. The topological polar surface area (TPSA) is 64.6 Å². The van der Waals surface area contributed by atoms with E-state index in [0.29, 0.717) is 12.8 Å². The molecule has 1 aromatic rings. The van der Waals surface area contributed by atoms with Gasteiger partial charge in [0.1, 0.15) is 0 Å². The summed E-state index contributed by atoms with van der Waals surface area (Å²) in [7, 11) is 1.21. The van der Waals surface area contributed by atoms with Gasteiger partial charge in [0.05, 0.1) is 18.6 Å². The van der Waals surface area contributed by atoms with Crippen LogP contribution in [-0.2, 0) is 9.53 Å². The molecule has 0 aromatic heterocycles. The molecule has 1 N–H and O–H groups in total. The molecule has 0 spiro atoms. The number of esters is 2. The van der Waals surface area contributed by atoms with Gasteiger partial charge in [0.15, 0.2) is 11.6 Å². The Morgan fingerprint density at radius 3 is 2.60 bits per heavy atom. The molecule has 1 saturated heterocycles. The zero-order valence-electron chi connectivity index (χ0n) is 11.1. The lowest BCUT2D eigenvalue weighted by Gasteiger charge is -2.20. The second kappa shape index (κ2) is 6.47. The van der Waals surface area contributed by atoms with Crippen molar-refractivity contribution in [1.82, 2.24) is 5.32 Å². The van der Waals surface area contributed by atoms with Gasteiger partial charge in [0, 0.05) is 0 Å². The Balaban J connectivity index is 2.05. The highest BCUT2D eigenvalue weighted by Gasteiger charge is 2.24. The molecule has 0 atom stereocenters. The van der Waals surface area contributed by atoms with Crippen molar-refractivity contribution >= 4 is 11.9 Å². The standard InChI is InChI=1S/C14H16FNO4/c1-19-13(17)10-2-3-12(11(15)8-10)20-14(18)9-4-6-16-7-5-9/h2-3,8-9,16H,4-7H2,1H3. The van der Waals surface area contributed by atoms with E-state index >= 15 is 0 Å². The summed E-state index contributed by atoms with van der Waals surface area (Å²) in [5.41, 5.74) is 0.0756. The molecule has 1 aliphatic rings. The van der Waals surface area contributed by atoms with E-state index in [0.717, 1.165) is 19.2 Å². The monoisotopic (exact) mass is 281 g/mol. The Morgan fingerprint density at radius 2 is 2.00 bits per heavy atom. The van der Waals surface area contributed by atoms with Gasteiger partial charge in [-0.25, -0.2) is 9.18 Å². The van der Waals surface area contributed by atoms with Crippen LogP contribution in [0.5, 0.6) is 5.75 Å². The van der Waals surface area contributed by atoms with E-state index in [2.05, 4.69) is 10.1 Å². The summed E-state index contributed by atoms with van der Waals surface area (Å²) in [6, 6.07) is 3.62. The van der Waals surface area contributed by atoms with E-state index in [1.165, 1.54) is 19.2 Å². The van der Waals surface area contributed by atoms with Crippen LogP contribution < -0.4 is 10.1 Å². The maximum atomic E-state index is 13.8. The maximum Gasteiger partial charge on any atom is 0.337 e. The van der Waals surface area contributed by atoms with Crippen molar-refractivity contribution < 1.29 is 23.5 Å². The predicted molar refractivity (Wildman–Crippen MR) is 69.0 cm³/mol. The first kappa shape index (κ1) is 14.5. The molecular formula is C14H16FNO4. The predicted octanol–water partition coefficient (Wildman–Crippen LogP) is 1.52. The molecule has 1 aromatic carbocycles. The van der Waals surface area contributed by atoms with E-state index in [9.17, 15) is 14.0 Å². The van der Waals surface area contributed by atoms with Crippen molar-refractivity contribution in [2.45, 2.75) is 12.8 Å². The van der Waals surface area contributed by atoms with Crippen LogP contribution in [0.1, 0.15) is 23.2 Å². The van der Waals surface area contributed by atoms with E-state index < -0.39 is 17.8 Å². The minimum atomic E-state index is -0.754. The van der Waals surface area contributed by atoms with Gasteiger partial charge in [-0.05, 0) is 44.1 Å². The molecule has 1 heterocycles. The Kier molecular flexibility index (Phi) is 4.68. The van der Waals surface area contributed by atoms with E-state index in [-0.39, 0.29) is 17.2 Å². The summed E-state index contributed by atoms with van der Waals surface area (Å²) in [5.74, 6) is -2.20. The first-order chi connectivity index (χ1) is 9.61. The normalized spacial score (nSPS) is 15.7. The lowest BCUT2D eigenvalue weighted by atomic mass is 9.98. The largest absolute Gasteiger partial charge is 0.465 e. The number of nitrogens with one attached hydrogen (secondary N) is 1. The third kappa shape index (κ3) is 3.33. The van der Waals surface area contributed by atoms with Gasteiger partial charge < -0.3 is 14.8 Å². The molecule has 2 rings (SSSR count). The summed E-state index contributed by atoms with van der Waals surface area (Å²) >= 11 is 0. The Labute approximate surface area is 116 Å². The molecular weight excluding hydrogens is 265 g/mol. The number of rotatable bonds is 3. The molecule has 1 fully saturated rings. The number of halogens is 1. The molecule has 1 aliphatic heterocycles. The minimum Gasteiger partial charge on any atom is -0.465 e. The van der Waals surface area contributed by atoms with E-state index in [1.807, 2.05) is 0 Å². The minimum absolute atomic E-state index is 0.0756. The third-order valence-corrected chi connectivity index (χ3v) is 3.24. The van der Waals surface area contributed by atoms with Crippen molar-refractivity contribution in [1.29, 1.82) is 0 Å². The van der Waals surface area contributed by atoms with E-state index in [4.69, 9.17) is 4.74 Å². The van der Waals surface area contributed by atoms with Gasteiger partial charge in [-0.1, -0.05) is 0 Å². The number of hydrogen-bond acceptors (Lipinski definition) is 5. The maximum absolute atomic E-state index is 13.8. The summed E-state index contributed by atoms with van der Waals surface area (Å²) in [6.45, 7) is 1.51. The second-order valence-corrected chi connectivity index (χ2v) is 4.58. The van der Waals surface area contributed by atoms with Crippen LogP contribution in [0.15, 0.2) is 18.2 Å². The van der Waals surface area contributed by atoms with Crippen LogP contribution in [0.4, 0.5) is 4.39 Å². The van der Waals surface area contributed by atoms with E-state index in [1.54, 1.807) is 0 Å². The van der Waals surface area contributed by atoms with Crippen LogP contribution in [-0.4, -0.2) is 32.1 Å². The summed E-state index contributed by atoms with van der Waals surface area (Å²) in [4.78, 5) is 23.1. The highest BCUT2D eigenvalue weighted by atomic mass is 19.1. The molecule has 6 heteroatoms. The molecule has 0 amide bonds. The lowest BCUT2D eigenvalue weighted by molar-refractivity contribution is -0.140. The number of benzene rings is 1. The fourth-order valence-electron chi connectivity index (χ4n) is 2.08. The van der Waals surface area contributed by atoms with Gasteiger partial charge in [0.25, 0.3) is 0 Å². The Hall–Kier alpha value is -1.95. The van der Waals surface area contributed by atoms with Gasteiger partial charge in [-0.15, -0.1) is 0 Å². The average Bonchev–Trinajstić information content (AvgIpc) is 2.49. The van der Waals surface area contributed by atoms with Gasteiger partial charge >= 0.3 is 11.9 Å². The number of carbonyl (C=O) groups is 2. The first-order valence-electron chi connectivity index (χ1n) is 6.42. The molecule has 0 unspecified atom stereocenters. The van der Waals surface area contributed by atoms with Crippen LogP contribution in [0, 0.1) is 11.7 Å². The van der Waals surface area contributed by atoms with Crippen LogP contribution >= 0.6 is 0 Å². The highest BCUT2D eigenvalue weighted by molar-refractivity contribution is 5.89. The molecule has 108 valence electrons. The number of piperidine rings is 1. The van der Waals surface area contributed by atoms with Crippen LogP contribution in [0.25, 0.3) is 0 Å². The fraction of sp³-hybridized carbons (Fsp3) is 0.429. The third-order valence-electron chi connectivity index (χ3n) is 3.24. The van der Waals surface area contributed by atoms with Gasteiger partial charge in [-0.3, -0.25) is 4.79 Å². The molecule has 0 radical (unpaired) electrons. The number of ether oxygens (including phenoxy) is 2. The first-order valence-corrected chi connectivity index (χ1v) is 6.42. The smallest absolute Gasteiger partial charge is 0.337 e. The fourth-order valence-corrected chi connectivity index (χ4v) is 2.08. The second-order valence-electron chi connectivity index (χ2n) is 4.58. The zero-order valence-corrected chi connectivity index (χ0v) is 11.1. The summed E-state index contributed by atoms with van der Waals surface area (Å²) in [6.07, 6.45) is 1.36. The zero-order chi connectivity index (χ0) is 14.5. The Bertz CT molecular complexity index is 512. The number of hydrogen-bond donors (Lipinski definition) is 1. The number of carbonyl (C=O) groups excluding carboxylic acids is 2. The van der Waals surface area contributed by atoms with Gasteiger partial charge in [0.2, 0.25) is 0 Å². The van der Waals surface area contributed by atoms with Crippen molar-refractivity contribution in [2.75, 3.05) is 20.2 Å². The average molecular weight is 281 g/mol. The Morgan fingerprint density at radius 1 is 1.30 bits per heavy atom. The molecule has 0 saturated carbocycles. The number of methoxy groups -OCH3 is 1. The molecule has 20 heavy (non-hydrogen) atoms. The van der Waals surface area contributed by atoms with Crippen molar-refractivity contribution in [3.63, 3.8) is 0 Å². The molecule has 0 aliphatic carbocycles. The summed E-state index contributed by atoms with van der Waals surface area (Å²) < 4.78 is 23.3. The summed E-state index contributed by atoms with van der Waals surface area (Å²) in [5, 5.41) is 3.14. The quantitative estimate of drug-likeness (QED) is 0.672. The van der Waals surface area contributed by atoms with Crippen molar-refractivity contribution in [3.05, 3.63) is 29.6 Å². The van der Waals surface area contributed by atoms with Crippen LogP contribution in [0.2, 0.25) is 0 Å². The SMILES string of the molecule is COC(=O)c1ccc(OC(=O)C2CCNCC2)c(F)c1. The van der Waals surface area contributed by atoms with Crippen LogP contribution in [0.3, 0.4) is 0 Å². The molecule has 0 bridgehead atoms. The van der Waals surface area contributed by atoms with Crippen molar-refractivity contribution in [3.8, 4) is 5.75 Å². The lowest BCUT2D eigenvalue weighted by Crippen LogP contribution is -2.33. The van der Waals surface area contributed by atoms with Gasteiger partial charge in [-0.2, -0.15) is 0 Å². The molecule has 5 nitrogen and oxygen atoms in total. The van der Waals surface area contributed by atoms with Crippen molar-refractivity contribution in [2.24, 2.45) is 5.92 Å².